The van der Waals surface area contributed by atoms with Gasteiger partial charge in [-0.05, 0) is 12.5 Å². The van der Waals surface area contributed by atoms with Crippen LogP contribution in [-0.2, 0) is 11.3 Å². The predicted molar refractivity (Wildman–Crippen MR) is 61.6 cm³/mol. The van der Waals surface area contributed by atoms with Crippen molar-refractivity contribution in [3.8, 4) is 0 Å². The van der Waals surface area contributed by atoms with E-state index < -0.39 is 11.9 Å². The zero-order valence-corrected chi connectivity index (χ0v) is 9.12. The predicted octanol–water partition coefficient (Wildman–Crippen LogP) is 1.59. The highest BCUT2D eigenvalue weighted by Gasteiger charge is 2.06. The molecule has 0 aliphatic heterocycles. The number of nitrogens with one attached hydrogen (secondary N) is 2. The molecule has 0 saturated heterocycles. The minimum absolute atomic E-state index is 0.301. The van der Waals surface area contributed by atoms with Crippen LogP contribution in [0.15, 0.2) is 42.5 Å². The zero-order valence-electron chi connectivity index (χ0n) is 9.12. The third kappa shape index (κ3) is 3.96. The van der Waals surface area contributed by atoms with Crippen molar-refractivity contribution in [1.82, 2.24) is 10.6 Å². The monoisotopic (exact) mass is 218 g/mol. The molecule has 0 aliphatic carbocycles. The minimum atomic E-state index is -0.517. The Balaban J connectivity index is 2.36. The van der Waals surface area contributed by atoms with E-state index in [9.17, 15) is 9.59 Å². The van der Waals surface area contributed by atoms with E-state index in [0.717, 1.165) is 5.56 Å². The summed E-state index contributed by atoms with van der Waals surface area (Å²) in [6, 6.07) is 8.93. The molecule has 84 valence electrons. The molecule has 1 rings (SSSR count). The van der Waals surface area contributed by atoms with Crippen LogP contribution in [-0.4, -0.2) is 11.9 Å². The Hall–Kier alpha value is -2.10. The first-order chi connectivity index (χ1) is 7.59. The van der Waals surface area contributed by atoms with Gasteiger partial charge in [0.05, 0.1) is 0 Å². The molecule has 2 N–H and O–H groups in total. The molecule has 0 radical (unpaired) electrons. The van der Waals surface area contributed by atoms with Crippen molar-refractivity contribution in [2.75, 3.05) is 0 Å². The third-order valence-electron chi connectivity index (χ3n) is 1.91. The molecule has 3 amide bonds. The molecule has 4 heteroatoms. The van der Waals surface area contributed by atoms with Gasteiger partial charge in [-0.3, -0.25) is 10.1 Å². The largest absolute Gasteiger partial charge is 0.334 e. The first kappa shape index (κ1) is 12.0. The third-order valence-corrected chi connectivity index (χ3v) is 1.91. The number of carbonyl (C=O) groups excluding carboxylic acids is 2. The topological polar surface area (TPSA) is 58.2 Å². The van der Waals surface area contributed by atoms with Gasteiger partial charge in [-0.25, -0.2) is 4.79 Å². The zero-order chi connectivity index (χ0) is 12.0. The van der Waals surface area contributed by atoms with Crippen LogP contribution in [0.2, 0.25) is 0 Å². The number of rotatable bonds is 3. The second-order valence-corrected chi connectivity index (χ2v) is 3.40. The lowest BCUT2D eigenvalue weighted by molar-refractivity contribution is -0.116. The summed E-state index contributed by atoms with van der Waals surface area (Å²) in [6.45, 7) is 5.36. The second kappa shape index (κ2) is 5.70. The van der Waals surface area contributed by atoms with Crippen LogP contribution in [0.25, 0.3) is 0 Å². The molecule has 0 fully saturated rings. The van der Waals surface area contributed by atoms with Gasteiger partial charge < -0.3 is 5.32 Å². The number of amides is 3. The highest BCUT2D eigenvalue weighted by atomic mass is 16.2. The summed E-state index contributed by atoms with van der Waals surface area (Å²) in [4.78, 5) is 22.3. The molecule has 0 saturated carbocycles. The quantitative estimate of drug-likeness (QED) is 0.757. The Kier molecular flexibility index (Phi) is 4.27. The standard InChI is InChI=1S/C12H14N2O2/c1-9(2)11(15)14-12(16)13-8-10-6-4-3-5-7-10/h3-7H,1,8H2,2H3,(H2,13,14,15,16). The fourth-order valence-corrected chi connectivity index (χ4v) is 1.03. The van der Waals surface area contributed by atoms with Gasteiger partial charge >= 0.3 is 6.03 Å². The summed E-state index contributed by atoms with van der Waals surface area (Å²) < 4.78 is 0. The van der Waals surface area contributed by atoms with Crippen LogP contribution < -0.4 is 10.6 Å². The number of hydrogen-bond donors (Lipinski definition) is 2. The van der Waals surface area contributed by atoms with E-state index in [4.69, 9.17) is 0 Å². The van der Waals surface area contributed by atoms with Gasteiger partial charge in [-0.1, -0.05) is 36.9 Å². The van der Waals surface area contributed by atoms with Gasteiger partial charge in [-0.2, -0.15) is 0 Å². The summed E-state index contributed by atoms with van der Waals surface area (Å²) in [5.41, 5.74) is 1.27. The Bertz CT molecular complexity index is 399. The number of imide groups is 1. The smallest absolute Gasteiger partial charge is 0.321 e. The molecule has 0 aromatic heterocycles. The average molecular weight is 218 g/mol. The number of benzene rings is 1. The maximum absolute atomic E-state index is 11.2. The van der Waals surface area contributed by atoms with Crippen molar-refractivity contribution in [2.24, 2.45) is 0 Å². The van der Waals surface area contributed by atoms with Crippen molar-refractivity contribution in [3.05, 3.63) is 48.0 Å². The van der Waals surface area contributed by atoms with Gasteiger partial charge in [0.25, 0.3) is 5.91 Å². The summed E-state index contributed by atoms with van der Waals surface area (Å²) in [5.74, 6) is -0.467. The highest BCUT2D eigenvalue weighted by molar-refractivity contribution is 6.02. The van der Waals surface area contributed by atoms with E-state index in [1.54, 1.807) is 6.92 Å². The van der Waals surface area contributed by atoms with Gasteiger partial charge in [0.15, 0.2) is 0 Å². The Morgan fingerprint density at radius 1 is 1.25 bits per heavy atom. The Morgan fingerprint density at radius 2 is 1.88 bits per heavy atom. The maximum Gasteiger partial charge on any atom is 0.321 e. The van der Waals surface area contributed by atoms with Crippen LogP contribution in [0.3, 0.4) is 0 Å². The molecule has 16 heavy (non-hydrogen) atoms. The molecule has 0 unspecified atom stereocenters. The summed E-state index contributed by atoms with van der Waals surface area (Å²) in [5, 5.41) is 4.73. The van der Waals surface area contributed by atoms with Crippen LogP contribution >= 0.6 is 0 Å². The van der Waals surface area contributed by atoms with E-state index in [1.807, 2.05) is 30.3 Å². The van der Waals surface area contributed by atoms with Gasteiger partial charge in [0, 0.05) is 12.1 Å². The lowest BCUT2D eigenvalue weighted by atomic mass is 10.2. The first-order valence-electron chi connectivity index (χ1n) is 4.88. The van der Waals surface area contributed by atoms with Gasteiger partial charge in [0.2, 0.25) is 0 Å². The molecular formula is C12H14N2O2. The molecule has 4 nitrogen and oxygen atoms in total. The second-order valence-electron chi connectivity index (χ2n) is 3.40. The number of hydrogen-bond acceptors (Lipinski definition) is 2. The van der Waals surface area contributed by atoms with Gasteiger partial charge in [0.1, 0.15) is 0 Å². The van der Waals surface area contributed by atoms with Gasteiger partial charge in [-0.15, -0.1) is 0 Å². The number of carbonyl (C=O) groups is 2. The molecule has 0 aliphatic rings. The average Bonchev–Trinajstić information content (AvgIpc) is 2.27. The molecule has 0 atom stereocenters. The molecule has 0 bridgehead atoms. The fraction of sp³-hybridized carbons (Fsp3) is 0.167. The SMILES string of the molecule is C=C(C)C(=O)NC(=O)NCc1ccccc1. The van der Waals surface area contributed by atoms with E-state index in [2.05, 4.69) is 17.2 Å². The fourth-order valence-electron chi connectivity index (χ4n) is 1.03. The summed E-state index contributed by atoms with van der Waals surface area (Å²) >= 11 is 0. The summed E-state index contributed by atoms with van der Waals surface area (Å²) in [6.07, 6.45) is 0. The lowest BCUT2D eigenvalue weighted by Gasteiger charge is -2.06. The lowest BCUT2D eigenvalue weighted by Crippen LogP contribution is -2.39. The summed E-state index contributed by atoms with van der Waals surface area (Å²) in [7, 11) is 0. The first-order valence-corrected chi connectivity index (χ1v) is 4.88. The van der Waals surface area contributed by atoms with Crippen LogP contribution in [0.4, 0.5) is 4.79 Å². The van der Waals surface area contributed by atoms with Crippen molar-refractivity contribution in [1.29, 1.82) is 0 Å². The van der Waals surface area contributed by atoms with E-state index in [-0.39, 0.29) is 0 Å². The highest BCUT2D eigenvalue weighted by Crippen LogP contribution is 1.96. The van der Waals surface area contributed by atoms with Crippen molar-refractivity contribution < 1.29 is 9.59 Å². The minimum Gasteiger partial charge on any atom is -0.334 e. The van der Waals surface area contributed by atoms with Crippen LogP contribution in [0.1, 0.15) is 12.5 Å². The molecule has 0 spiro atoms. The Morgan fingerprint density at radius 3 is 2.44 bits per heavy atom. The Labute approximate surface area is 94.4 Å². The molecule has 1 aromatic carbocycles. The normalized spacial score (nSPS) is 9.31. The van der Waals surface area contributed by atoms with E-state index in [1.165, 1.54) is 0 Å². The van der Waals surface area contributed by atoms with E-state index >= 15 is 0 Å². The van der Waals surface area contributed by atoms with Crippen LogP contribution in [0, 0.1) is 0 Å². The van der Waals surface area contributed by atoms with Crippen molar-refractivity contribution in [2.45, 2.75) is 13.5 Å². The van der Waals surface area contributed by atoms with Crippen LogP contribution in [0.5, 0.6) is 0 Å². The number of urea groups is 1. The van der Waals surface area contributed by atoms with Crippen molar-refractivity contribution >= 4 is 11.9 Å². The maximum atomic E-state index is 11.2. The molecule has 0 heterocycles. The molecule has 1 aromatic rings. The molecular weight excluding hydrogens is 204 g/mol. The van der Waals surface area contributed by atoms with E-state index in [0.29, 0.717) is 12.1 Å². The van der Waals surface area contributed by atoms with Crippen molar-refractivity contribution in [3.63, 3.8) is 0 Å².